The van der Waals surface area contributed by atoms with Gasteiger partial charge in [-0.15, -0.1) is 0 Å². The number of halogens is 1. The molecule has 0 spiro atoms. The lowest BCUT2D eigenvalue weighted by molar-refractivity contribution is 0.102. The predicted molar refractivity (Wildman–Crippen MR) is 129 cm³/mol. The highest BCUT2D eigenvalue weighted by atomic mass is 32.2. The van der Waals surface area contributed by atoms with E-state index in [-0.39, 0.29) is 10.7 Å². The first kappa shape index (κ1) is 22.8. The first-order valence-corrected chi connectivity index (χ1v) is 12.3. The van der Waals surface area contributed by atoms with Gasteiger partial charge in [0.1, 0.15) is 5.82 Å². The van der Waals surface area contributed by atoms with Crippen LogP contribution in [0.5, 0.6) is 0 Å². The molecule has 1 aliphatic rings. The highest BCUT2D eigenvalue weighted by molar-refractivity contribution is 7.92. The monoisotopic (exact) mass is 467 g/mol. The summed E-state index contributed by atoms with van der Waals surface area (Å²) in [7, 11) is -3.75. The molecule has 1 fully saturated rings. The number of nitrogens with zero attached hydrogens (tertiary/aromatic N) is 1. The fraction of sp³-hybridized carbons (Fsp3) is 0.240. The number of hydrogen-bond donors (Lipinski definition) is 2. The molecule has 0 aromatic heterocycles. The second-order valence-corrected chi connectivity index (χ2v) is 9.93. The number of benzene rings is 3. The maximum absolute atomic E-state index is 14.5. The van der Waals surface area contributed by atoms with Crippen molar-refractivity contribution in [1.82, 2.24) is 0 Å². The summed E-state index contributed by atoms with van der Waals surface area (Å²) in [5.41, 5.74) is 3.47. The Balaban J connectivity index is 1.43. The molecule has 1 heterocycles. The zero-order valence-electron chi connectivity index (χ0n) is 18.6. The maximum atomic E-state index is 14.5. The van der Waals surface area contributed by atoms with Gasteiger partial charge in [-0.1, -0.05) is 6.07 Å². The number of carbonyl (C=O) groups excluding carboxylic acids is 1. The van der Waals surface area contributed by atoms with E-state index in [1.54, 1.807) is 30.3 Å². The first-order chi connectivity index (χ1) is 15.7. The lowest BCUT2D eigenvalue weighted by Crippen LogP contribution is -2.19. The van der Waals surface area contributed by atoms with Crippen molar-refractivity contribution in [3.63, 3.8) is 0 Å². The molecule has 4 rings (SSSR count). The van der Waals surface area contributed by atoms with Gasteiger partial charge in [0.2, 0.25) is 0 Å². The van der Waals surface area contributed by atoms with Crippen molar-refractivity contribution in [2.75, 3.05) is 28.0 Å². The van der Waals surface area contributed by atoms with Gasteiger partial charge in [0.15, 0.2) is 0 Å². The fourth-order valence-electron chi connectivity index (χ4n) is 3.79. The summed E-state index contributed by atoms with van der Waals surface area (Å²) in [6.45, 7) is 5.44. The Morgan fingerprint density at radius 1 is 0.879 bits per heavy atom. The molecule has 0 bridgehead atoms. The predicted octanol–water partition coefficient (Wildman–Crippen LogP) is 5.10. The van der Waals surface area contributed by atoms with Gasteiger partial charge >= 0.3 is 0 Å². The van der Waals surface area contributed by atoms with E-state index in [4.69, 9.17) is 0 Å². The minimum Gasteiger partial charge on any atom is -0.369 e. The van der Waals surface area contributed by atoms with Crippen molar-refractivity contribution in [3.8, 4) is 0 Å². The second kappa shape index (κ2) is 9.23. The van der Waals surface area contributed by atoms with Crippen molar-refractivity contribution in [2.45, 2.75) is 31.6 Å². The molecule has 6 nitrogen and oxygen atoms in total. The first-order valence-electron chi connectivity index (χ1n) is 10.8. The minimum absolute atomic E-state index is 0.173. The Bertz CT molecular complexity index is 1280. The average Bonchev–Trinajstić information content (AvgIpc) is 3.30. The van der Waals surface area contributed by atoms with E-state index in [0.29, 0.717) is 22.6 Å². The molecular formula is C25H26FN3O3S. The van der Waals surface area contributed by atoms with Crippen LogP contribution in [0.2, 0.25) is 0 Å². The molecule has 0 aliphatic carbocycles. The Hall–Kier alpha value is -3.39. The van der Waals surface area contributed by atoms with Crippen molar-refractivity contribution in [3.05, 3.63) is 83.2 Å². The highest BCUT2D eigenvalue weighted by Crippen LogP contribution is 2.26. The molecule has 1 amide bonds. The van der Waals surface area contributed by atoms with E-state index in [1.807, 2.05) is 18.7 Å². The van der Waals surface area contributed by atoms with Gasteiger partial charge in [-0.3, -0.25) is 9.52 Å². The lowest BCUT2D eigenvalue weighted by Gasteiger charge is -2.18. The Morgan fingerprint density at radius 3 is 2.18 bits per heavy atom. The summed E-state index contributed by atoms with van der Waals surface area (Å²) in [4.78, 5) is 14.7. The smallest absolute Gasteiger partial charge is 0.261 e. The molecule has 1 saturated heterocycles. The summed E-state index contributed by atoms with van der Waals surface area (Å²) in [6, 6.07) is 15.7. The third-order valence-corrected chi connectivity index (χ3v) is 7.22. The second-order valence-electron chi connectivity index (χ2n) is 8.24. The van der Waals surface area contributed by atoms with Crippen LogP contribution < -0.4 is 14.9 Å². The molecule has 8 heteroatoms. The number of carbonyl (C=O) groups is 1. The van der Waals surface area contributed by atoms with Crippen LogP contribution in [0, 0.1) is 19.7 Å². The van der Waals surface area contributed by atoms with Gasteiger partial charge in [0.05, 0.1) is 10.6 Å². The van der Waals surface area contributed by atoms with Crippen LogP contribution in [0.25, 0.3) is 0 Å². The van der Waals surface area contributed by atoms with Crippen LogP contribution in [0.3, 0.4) is 0 Å². The van der Waals surface area contributed by atoms with Gasteiger partial charge < -0.3 is 10.2 Å². The summed E-state index contributed by atoms with van der Waals surface area (Å²) in [5, 5.41) is 2.69. The van der Waals surface area contributed by atoms with Crippen molar-refractivity contribution >= 4 is 33.0 Å². The topological polar surface area (TPSA) is 78.5 Å². The van der Waals surface area contributed by atoms with Crippen LogP contribution in [-0.2, 0) is 10.0 Å². The quantitative estimate of drug-likeness (QED) is 0.529. The van der Waals surface area contributed by atoms with E-state index >= 15 is 0 Å². The van der Waals surface area contributed by atoms with Crippen LogP contribution in [0.15, 0.2) is 65.6 Å². The van der Waals surface area contributed by atoms with Gasteiger partial charge in [0, 0.05) is 30.0 Å². The molecule has 33 heavy (non-hydrogen) atoms. The number of sulfonamides is 1. The number of amides is 1. The van der Waals surface area contributed by atoms with Crippen molar-refractivity contribution < 1.29 is 17.6 Å². The van der Waals surface area contributed by atoms with Crippen LogP contribution >= 0.6 is 0 Å². The molecule has 0 saturated carbocycles. The Labute approximate surface area is 193 Å². The molecule has 0 radical (unpaired) electrons. The molecule has 172 valence electrons. The van der Waals surface area contributed by atoms with Gasteiger partial charge in [-0.2, -0.15) is 0 Å². The normalized spacial score (nSPS) is 13.7. The molecule has 0 unspecified atom stereocenters. The van der Waals surface area contributed by atoms with Gasteiger partial charge in [-0.25, -0.2) is 12.8 Å². The molecule has 0 atom stereocenters. The van der Waals surface area contributed by atoms with Gasteiger partial charge in [-0.05, 0) is 92.4 Å². The molecule has 1 aliphatic heterocycles. The lowest BCUT2D eigenvalue weighted by atomic mass is 10.1. The maximum Gasteiger partial charge on any atom is 0.261 e. The summed E-state index contributed by atoms with van der Waals surface area (Å²) in [6.07, 6.45) is 2.10. The number of anilines is 3. The van der Waals surface area contributed by atoms with E-state index < -0.39 is 15.9 Å². The van der Waals surface area contributed by atoms with Crippen molar-refractivity contribution in [2.24, 2.45) is 0 Å². The summed E-state index contributed by atoms with van der Waals surface area (Å²) < 4.78 is 42.3. The summed E-state index contributed by atoms with van der Waals surface area (Å²) >= 11 is 0. The molecule has 3 aromatic carbocycles. The Morgan fingerprint density at radius 2 is 1.55 bits per heavy atom. The standard InChI is InChI=1S/C25H26FN3O3S/c1-17-5-11-22(15-18(17)2)33(31,32)28-20-8-6-19(7-9-20)25(30)27-21-10-12-24(23(26)16-21)29-13-3-4-14-29/h5-12,15-16,28H,3-4,13-14H2,1-2H3,(H,27,30). The molecule has 2 N–H and O–H groups in total. The van der Waals surface area contributed by atoms with Crippen LogP contribution in [0.1, 0.15) is 34.3 Å². The fourth-order valence-corrected chi connectivity index (χ4v) is 4.93. The van der Waals surface area contributed by atoms with E-state index in [9.17, 15) is 17.6 Å². The number of rotatable bonds is 6. The average molecular weight is 468 g/mol. The van der Waals surface area contributed by atoms with Crippen LogP contribution in [0.4, 0.5) is 21.5 Å². The third kappa shape index (κ3) is 5.17. The minimum atomic E-state index is -3.75. The number of hydrogen-bond acceptors (Lipinski definition) is 4. The van der Waals surface area contributed by atoms with E-state index in [0.717, 1.165) is 37.1 Å². The number of aryl methyl sites for hydroxylation is 2. The molecule has 3 aromatic rings. The SMILES string of the molecule is Cc1ccc(S(=O)(=O)Nc2ccc(C(=O)Nc3ccc(N4CCCC4)c(F)c3)cc2)cc1C. The third-order valence-electron chi connectivity index (χ3n) is 5.84. The molecular weight excluding hydrogens is 441 g/mol. The van der Waals surface area contributed by atoms with E-state index in [2.05, 4.69) is 10.0 Å². The zero-order valence-corrected chi connectivity index (χ0v) is 19.4. The zero-order chi connectivity index (χ0) is 23.6. The number of nitrogens with one attached hydrogen (secondary N) is 2. The van der Waals surface area contributed by atoms with Gasteiger partial charge in [0.25, 0.3) is 15.9 Å². The Kier molecular flexibility index (Phi) is 6.37. The largest absolute Gasteiger partial charge is 0.369 e. The highest BCUT2D eigenvalue weighted by Gasteiger charge is 2.18. The van der Waals surface area contributed by atoms with Crippen molar-refractivity contribution in [1.29, 1.82) is 0 Å². The van der Waals surface area contributed by atoms with Crippen LogP contribution in [-0.4, -0.2) is 27.4 Å². The van der Waals surface area contributed by atoms with E-state index in [1.165, 1.54) is 30.3 Å². The summed E-state index contributed by atoms with van der Waals surface area (Å²) in [5.74, 6) is -0.780.